The van der Waals surface area contributed by atoms with Gasteiger partial charge in [-0.3, -0.25) is 4.79 Å². The van der Waals surface area contributed by atoms with Gasteiger partial charge in [0.05, 0.1) is 5.56 Å². The Bertz CT molecular complexity index is 476. The fourth-order valence-electron chi connectivity index (χ4n) is 3.21. The van der Waals surface area contributed by atoms with Gasteiger partial charge < -0.3 is 10.6 Å². The second kappa shape index (κ2) is 6.29. The molecular weight excluding hydrogens is 248 g/mol. The van der Waals surface area contributed by atoms with Crippen molar-refractivity contribution >= 4 is 11.6 Å². The number of anilines is 1. The van der Waals surface area contributed by atoms with Gasteiger partial charge in [0.1, 0.15) is 0 Å². The number of rotatable bonds is 5. The molecule has 0 bridgehead atoms. The van der Waals surface area contributed by atoms with Crippen LogP contribution in [-0.2, 0) is 0 Å². The van der Waals surface area contributed by atoms with Crippen LogP contribution in [-0.4, -0.2) is 19.5 Å². The molecule has 0 heterocycles. The SMILES string of the molecule is CCC1(CNC(=O)c2ccc(C)cc2NC)CCCC1. The lowest BCUT2D eigenvalue weighted by Crippen LogP contribution is -2.35. The molecule has 0 aliphatic heterocycles. The van der Waals surface area contributed by atoms with Crippen LogP contribution in [0.15, 0.2) is 18.2 Å². The van der Waals surface area contributed by atoms with Crippen molar-refractivity contribution in [3.63, 3.8) is 0 Å². The lowest BCUT2D eigenvalue weighted by molar-refractivity contribution is 0.0929. The third-order valence-electron chi connectivity index (χ3n) is 4.73. The van der Waals surface area contributed by atoms with E-state index in [0.29, 0.717) is 5.41 Å². The van der Waals surface area contributed by atoms with Crippen molar-refractivity contribution in [1.29, 1.82) is 0 Å². The monoisotopic (exact) mass is 274 g/mol. The van der Waals surface area contributed by atoms with Gasteiger partial charge in [0.25, 0.3) is 5.91 Å². The third-order valence-corrected chi connectivity index (χ3v) is 4.73. The minimum absolute atomic E-state index is 0.0362. The average molecular weight is 274 g/mol. The summed E-state index contributed by atoms with van der Waals surface area (Å²) in [5.41, 5.74) is 3.13. The van der Waals surface area contributed by atoms with Gasteiger partial charge in [-0.2, -0.15) is 0 Å². The van der Waals surface area contributed by atoms with Crippen molar-refractivity contribution in [2.75, 3.05) is 18.9 Å². The zero-order valence-electron chi connectivity index (χ0n) is 12.9. The van der Waals surface area contributed by atoms with Crippen LogP contribution in [0, 0.1) is 12.3 Å². The first-order valence-electron chi connectivity index (χ1n) is 7.67. The predicted octanol–water partition coefficient (Wildman–Crippen LogP) is 3.74. The summed E-state index contributed by atoms with van der Waals surface area (Å²) in [5.74, 6) is 0.0362. The van der Waals surface area contributed by atoms with Crippen LogP contribution in [0.25, 0.3) is 0 Å². The number of amides is 1. The number of aryl methyl sites for hydroxylation is 1. The largest absolute Gasteiger partial charge is 0.387 e. The molecule has 0 aromatic heterocycles. The molecule has 0 atom stereocenters. The van der Waals surface area contributed by atoms with E-state index in [1.165, 1.54) is 25.7 Å². The zero-order chi connectivity index (χ0) is 14.6. The lowest BCUT2D eigenvalue weighted by atomic mass is 9.83. The van der Waals surface area contributed by atoms with Gasteiger partial charge in [-0.1, -0.05) is 25.8 Å². The van der Waals surface area contributed by atoms with Gasteiger partial charge in [0, 0.05) is 19.3 Å². The highest BCUT2D eigenvalue weighted by Crippen LogP contribution is 2.40. The van der Waals surface area contributed by atoms with Crippen molar-refractivity contribution in [2.45, 2.75) is 46.0 Å². The van der Waals surface area contributed by atoms with E-state index in [4.69, 9.17) is 0 Å². The van der Waals surface area contributed by atoms with Crippen molar-refractivity contribution < 1.29 is 4.79 Å². The van der Waals surface area contributed by atoms with Gasteiger partial charge >= 0.3 is 0 Å². The summed E-state index contributed by atoms with van der Waals surface area (Å²) in [5, 5.41) is 6.26. The van der Waals surface area contributed by atoms with E-state index in [1.807, 2.05) is 32.2 Å². The maximum absolute atomic E-state index is 12.4. The predicted molar refractivity (Wildman–Crippen MR) is 84.3 cm³/mol. The second-order valence-corrected chi connectivity index (χ2v) is 6.04. The lowest BCUT2D eigenvalue weighted by Gasteiger charge is -2.27. The topological polar surface area (TPSA) is 41.1 Å². The Labute approximate surface area is 122 Å². The van der Waals surface area contributed by atoms with Crippen molar-refractivity contribution in [3.8, 4) is 0 Å². The number of hydrogen-bond donors (Lipinski definition) is 2. The first kappa shape index (κ1) is 14.9. The van der Waals surface area contributed by atoms with Crippen LogP contribution in [0.1, 0.15) is 54.9 Å². The van der Waals surface area contributed by atoms with E-state index in [2.05, 4.69) is 17.6 Å². The molecule has 1 amide bonds. The molecule has 20 heavy (non-hydrogen) atoms. The van der Waals surface area contributed by atoms with E-state index in [9.17, 15) is 4.79 Å². The van der Waals surface area contributed by atoms with Gasteiger partial charge in [-0.15, -0.1) is 0 Å². The maximum atomic E-state index is 12.4. The minimum Gasteiger partial charge on any atom is -0.387 e. The first-order valence-corrected chi connectivity index (χ1v) is 7.67. The quantitative estimate of drug-likeness (QED) is 0.859. The Morgan fingerprint density at radius 1 is 1.30 bits per heavy atom. The highest BCUT2D eigenvalue weighted by Gasteiger charge is 2.32. The summed E-state index contributed by atoms with van der Waals surface area (Å²) < 4.78 is 0. The van der Waals surface area contributed by atoms with Crippen molar-refractivity contribution in [2.24, 2.45) is 5.41 Å². The average Bonchev–Trinajstić information content (AvgIpc) is 2.94. The second-order valence-electron chi connectivity index (χ2n) is 6.04. The van der Waals surface area contributed by atoms with E-state index in [-0.39, 0.29) is 5.91 Å². The zero-order valence-corrected chi connectivity index (χ0v) is 12.9. The Balaban J connectivity index is 2.05. The molecule has 3 nitrogen and oxygen atoms in total. The van der Waals surface area contributed by atoms with Crippen LogP contribution in [0.2, 0.25) is 0 Å². The summed E-state index contributed by atoms with van der Waals surface area (Å²) in [6.07, 6.45) is 6.25. The maximum Gasteiger partial charge on any atom is 0.253 e. The molecule has 2 rings (SSSR count). The molecule has 1 aromatic rings. The fourth-order valence-corrected chi connectivity index (χ4v) is 3.21. The number of hydrogen-bond acceptors (Lipinski definition) is 2. The normalized spacial score (nSPS) is 16.9. The van der Waals surface area contributed by atoms with E-state index >= 15 is 0 Å². The molecule has 0 unspecified atom stereocenters. The van der Waals surface area contributed by atoms with Crippen LogP contribution in [0.5, 0.6) is 0 Å². The molecule has 0 spiro atoms. The highest BCUT2D eigenvalue weighted by molar-refractivity contribution is 5.99. The highest BCUT2D eigenvalue weighted by atomic mass is 16.1. The number of benzene rings is 1. The molecule has 1 saturated carbocycles. The summed E-state index contributed by atoms with van der Waals surface area (Å²) in [6, 6.07) is 5.91. The molecule has 0 radical (unpaired) electrons. The standard InChI is InChI=1S/C17H26N2O/c1-4-17(9-5-6-10-17)12-19-16(20)14-8-7-13(2)11-15(14)18-3/h7-8,11,18H,4-6,9-10,12H2,1-3H3,(H,19,20). The number of nitrogens with one attached hydrogen (secondary N) is 2. The molecule has 1 aliphatic carbocycles. The molecule has 2 N–H and O–H groups in total. The van der Waals surface area contributed by atoms with Crippen LogP contribution in [0.4, 0.5) is 5.69 Å². The number of carbonyl (C=O) groups excluding carboxylic acids is 1. The smallest absolute Gasteiger partial charge is 0.253 e. The van der Waals surface area contributed by atoms with Crippen molar-refractivity contribution in [1.82, 2.24) is 5.32 Å². The van der Waals surface area contributed by atoms with Gasteiger partial charge in [-0.05, 0) is 49.3 Å². The molecular formula is C17H26N2O. The molecule has 1 fully saturated rings. The van der Waals surface area contributed by atoms with E-state index in [1.54, 1.807) is 0 Å². The molecule has 0 saturated heterocycles. The fraction of sp³-hybridized carbons (Fsp3) is 0.588. The Kier molecular flexibility index (Phi) is 4.69. The number of carbonyl (C=O) groups is 1. The first-order chi connectivity index (χ1) is 9.60. The molecule has 110 valence electrons. The van der Waals surface area contributed by atoms with Crippen LogP contribution < -0.4 is 10.6 Å². The van der Waals surface area contributed by atoms with Gasteiger partial charge in [-0.25, -0.2) is 0 Å². The molecule has 1 aromatic carbocycles. The Morgan fingerprint density at radius 2 is 2.00 bits per heavy atom. The summed E-state index contributed by atoms with van der Waals surface area (Å²) >= 11 is 0. The minimum atomic E-state index is 0.0362. The van der Waals surface area contributed by atoms with Gasteiger partial charge in [0.2, 0.25) is 0 Å². The van der Waals surface area contributed by atoms with Crippen LogP contribution in [0.3, 0.4) is 0 Å². The van der Waals surface area contributed by atoms with E-state index in [0.717, 1.165) is 29.8 Å². The van der Waals surface area contributed by atoms with Crippen LogP contribution >= 0.6 is 0 Å². The summed E-state index contributed by atoms with van der Waals surface area (Å²) in [4.78, 5) is 12.4. The molecule has 1 aliphatic rings. The van der Waals surface area contributed by atoms with Crippen molar-refractivity contribution in [3.05, 3.63) is 29.3 Å². The van der Waals surface area contributed by atoms with Gasteiger partial charge in [0.15, 0.2) is 0 Å². The summed E-state index contributed by atoms with van der Waals surface area (Å²) in [7, 11) is 1.86. The van der Waals surface area contributed by atoms with E-state index < -0.39 is 0 Å². The Hall–Kier alpha value is -1.51. The summed E-state index contributed by atoms with van der Waals surface area (Å²) in [6.45, 7) is 5.08. The third kappa shape index (κ3) is 3.14. The Morgan fingerprint density at radius 3 is 2.60 bits per heavy atom. The molecule has 3 heteroatoms.